The van der Waals surface area contributed by atoms with Gasteiger partial charge < -0.3 is 18.2 Å². The molecule has 47 heavy (non-hydrogen) atoms. The molecule has 0 amide bonds. The predicted molar refractivity (Wildman–Crippen MR) is 196 cm³/mol. The highest BCUT2D eigenvalue weighted by Crippen LogP contribution is 2.49. The molecule has 4 aromatic heterocycles. The third kappa shape index (κ3) is 3.52. The summed E-state index contributed by atoms with van der Waals surface area (Å²) in [6.45, 7) is 0. The highest BCUT2D eigenvalue weighted by molar-refractivity contribution is 7.27. The zero-order valence-corrected chi connectivity index (χ0v) is 25.7. The third-order valence-electron chi connectivity index (χ3n) is 9.47. The van der Waals surface area contributed by atoms with E-state index in [-0.39, 0.29) is 0 Å². The van der Waals surface area contributed by atoms with Crippen LogP contribution in [0.25, 0.3) is 86.0 Å². The number of anilines is 3. The first-order chi connectivity index (χ1) is 23.3. The lowest BCUT2D eigenvalue weighted by molar-refractivity contribution is 0.668. The maximum absolute atomic E-state index is 6.39. The second-order valence-corrected chi connectivity index (χ2v) is 13.1. The third-order valence-corrected chi connectivity index (χ3v) is 10.7. The molecule has 0 fully saturated rings. The van der Waals surface area contributed by atoms with Gasteiger partial charge in [-0.2, -0.15) is 0 Å². The first-order valence-corrected chi connectivity index (χ1v) is 16.5. The van der Waals surface area contributed by atoms with Crippen LogP contribution in [-0.2, 0) is 0 Å². The summed E-state index contributed by atoms with van der Waals surface area (Å²) in [6, 6.07) is 48.7. The summed E-state index contributed by atoms with van der Waals surface area (Å²) < 4.78 is 21.5. The quantitative estimate of drug-likeness (QED) is 0.197. The van der Waals surface area contributed by atoms with E-state index in [9.17, 15) is 0 Å². The number of fused-ring (bicyclic) bond motifs is 13. The molecule has 0 N–H and O–H groups in total. The van der Waals surface area contributed by atoms with E-state index < -0.39 is 0 Å². The molecule has 11 rings (SSSR count). The Morgan fingerprint density at radius 2 is 0.851 bits per heavy atom. The SMILES string of the molecule is c1ccc2c(c1)oc1cc(N(c3ccc4c(c3)oc3ccccc34)c3cccc4c3sc3c4ccc4oc5ccccc5c43)ccc12. The molecular weight excluding hydrogens is 599 g/mol. The van der Waals surface area contributed by atoms with Crippen molar-refractivity contribution in [2.45, 2.75) is 0 Å². The van der Waals surface area contributed by atoms with E-state index in [0.29, 0.717) is 0 Å². The smallest absolute Gasteiger partial charge is 0.137 e. The van der Waals surface area contributed by atoms with Crippen LogP contribution in [-0.4, -0.2) is 0 Å². The van der Waals surface area contributed by atoms with Gasteiger partial charge in [0.05, 0.1) is 10.4 Å². The molecule has 5 heteroatoms. The van der Waals surface area contributed by atoms with E-state index in [1.54, 1.807) is 0 Å². The second-order valence-electron chi connectivity index (χ2n) is 12.1. The van der Waals surface area contributed by atoms with Crippen LogP contribution in [0.1, 0.15) is 0 Å². The van der Waals surface area contributed by atoms with Crippen molar-refractivity contribution in [2.24, 2.45) is 0 Å². The first kappa shape index (κ1) is 25.2. The van der Waals surface area contributed by atoms with E-state index in [1.807, 2.05) is 47.7 Å². The summed E-state index contributed by atoms with van der Waals surface area (Å²) in [5, 5.41) is 9.20. The minimum Gasteiger partial charge on any atom is -0.456 e. The van der Waals surface area contributed by atoms with Gasteiger partial charge >= 0.3 is 0 Å². The molecular formula is C42H23NO3S. The summed E-state index contributed by atoms with van der Waals surface area (Å²) in [6.07, 6.45) is 0. The van der Waals surface area contributed by atoms with Crippen molar-refractivity contribution in [1.82, 2.24) is 0 Å². The van der Waals surface area contributed by atoms with Gasteiger partial charge in [-0.1, -0.05) is 66.7 Å². The molecule has 0 bridgehead atoms. The number of rotatable bonds is 3. The van der Waals surface area contributed by atoms with Gasteiger partial charge in [-0.05, 0) is 60.7 Å². The fraction of sp³-hybridized carbons (Fsp3) is 0. The Labute approximate surface area is 271 Å². The van der Waals surface area contributed by atoms with Crippen LogP contribution in [0.2, 0.25) is 0 Å². The molecule has 220 valence electrons. The Kier molecular flexibility index (Phi) is 4.96. The summed E-state index contributed by atoms with van der Waals surface area (Å²) >= 11 is 1.82. The van der Waals surface area contributed by atoms with Crippen LogP contribution in [0.15, 0.2) is 153 Å². The van der Waals surface area contributed by atoms with E-state index in [0.717, 1.165) is 77.5 Å². The van der Waals surface area contributed by atoms with Gasteiger partial charge in [-0.15, -0.1) is 11.3 Å². The fourth-order valence-electron chi connectivity index (χ4n) is 7.36. The number of nitrogens with zero attached hydrogens (tertiary/aromatic N) is 1. The van der Waals surface area contributed by atoms with E-state index in [2.05, 4.69) is 108 Å². The lowest BCUT2D eigenvalue weighted by Crippen LogP contribution is -2.09. The Morgan fingerprint density at radius 1 is 0.362 bits per heavy atom. The topological polar surface area (TPSA) is 42.7 Å². The Bertz CT molecular complexity index is 2930. The van der Waals surface area contributed by atoms with Crippen molar-refractivity contribution in [2.75, 3.05) is 4.90 Å². The largest absolute Gasteiger partial charge is 0.456 e. The molecule has 4 heterocycles. The van der Waals surface area contributed by atoms with Crippen molar-refractivity contribution in [3.8, 4) is 0 Å². The van der Waals surface area contributed by atoms with E-state index in [1.165, 1.54) is 25.6 Å². The molecule has 0 saturated heterocycles. The van der Waals surface area contributed by atoms with Crippen LogP contribution in [0, 0.1) is 0 Å². The van der Waals surface area contributed by atoms with Gasteiger partial charge in [0.25, 0.3) is 0 Å². The average molecular weight is 622 g/mol. The monoisotopic (exact) mass is 621 g/mol. The molecule has 7 aromatic carbocycles. The van der Waals surface area contributed by atoms with Crippen molar-refractivity contribution < 1.29 is 13.3 Å². The van der Waals surface area contributed by atoms with Gasteiger partial charge in [0.2, 0.25) is 0 Å². The standard InChI is InChI=1S/C42H23NO3S/c1-4-13-34-26(8-1)28-18-16-24(22-38(28)45-34)43(25-17-19-29-27-9-2-5-14-35(27)46-39(29)23-25)33-12-7-11-30-31-20-21-37-40(42(31)47-41(30)33)32-10-3-6-15-36(32)44-37/h1-23H. The van der Waals surface area contributed by atoms with Crippen molar-refractivity contribution in [3.63, 3.8) is 0 Å². The molecule has 0 aliphatic rings. The number of para-hydroxylation sites is 3. The summed E-state index contributed by atoms with van der Waals surface area (Å²) in [5.74, 6) is 0. The molecule has 0 aliphatic carbocycles. The zero-order valence-electron chi connectivity index (χ0n) is 24.9. The minimum absolute atomic E-state index is 0.855. The lowest BCUT2D eigenvalue weighted by atomic mass is 10.1. The highest BCUT2D eigenvalue weighted by Gasteiger charge is 2.22. The number of benzene rings is 7. The number of hydrogen-bond acceptors (Lipinski definition) is 5. The summed E-state index contributed by atoms with van der Waals surface area (Å²) in [5.41, 5.74) is 8.42. The van der Waals surface area contributed by atoms with Crippen molar-refractivity contribution in [3.05, 3.63) is 140 Å². The van der Waals surface area contributed by atoms with Gasteiger partial charge in [0.1, 0.15) is 33.5 Å². The molecule has 0 spiro atoms. The van der Waals surface area contributed by atoms with E-state index in [4.69, 9.17) is 13.3 Å². The van der Waals surface area contributed by atoms with Crippen LogP contribution in [0.3, 0.4) is 0 Å². The summed E-state index contributed by atoms with van der Waals surface area (Å²) in [4.78, 5) is 2.33. The van der Waals surface area contributed by atoms with E-state index >= 15 is 0 Å². The molecule has 4 nitrogen and oxygen atoms in total. The van der Waals surface area contributed by atoms with Gasteiger partial charge in [0, 0.05) is 71.3 Å². The summed E-state index contributed by atoms with van der Waals surface area (Å²) in [7, 11) is 0. The minimum atomic E-state index is 0.855. The maximum Gasteiger partial charge on any atom is 0.137 e. The Morgan fingerprint density at radius 3 is 1.51 bits per heavy atom. The van der Waals surface area contributed by atoms with Crippen LogP contribution >= 0.6 is 11.3 Å². The van der Waals surface area contributed by atoms with Gasteiger partial charge in [0.15, 0.2) is 0 Å². The maximum atomic E-state index is 6.39. The lowest BCUT2D eigenvalue weighted by Gasteiger charge is -2.26. The Hall–Kier alpha value is -6.04. The molecule has 0 radical (unpaired) electrons. The highest BCUT2D eigenvalue weighted by atomic mass is 32.1. The van der Waals surface area contributed by atoms with Crippen LogP contribution < -0.4 is 4.90 Å². The Balaban J connectivity index is 1.21. The normalized spacial score (nSPS) is 12.3. The predicted octanol–water partition coefficient (Wildman–Crippen LogP) is 13.2. The van der Waals surface area contributed by atoms with Gasteiger partial charge in [-0.25, -0.2) is 0 Å². The molecule has 0 unspecified atom stereocenters. The zero-order chi connectivity index (χ0) is 30.6. The van der Waals surface area contributed by atoms with Crippen LogP contribution in [0.4, 0.5) is 17.1 Å². The molecule has 0 saturated carbocycles. The fourth-order valence-corrected chi connectivity index (χ4v) is 8.72. The number of furan rings is 3. The van der Waals surface area contributed by atoms with Crippen LogP contribution in [0.5, 0.6) is 0 Å². The molecule has 0 atom stereocenters. The second kappa shape index (κ2) is 9.25. The average Bonchev–Trinajstić information content (AvgIpc) is 3.87. The first-order valence-electron chi connectivity index (χ1n) is 15.7. The number of hydrogen-bond donors (Lipinski definition) is 0. The molecule has 0 aliphatic heterocycles. The van der Waals surface area contributed by atoms with Gasteiger partial charge in [-0.3, -0.25) is 0 Å². The van der Waals surface area contributed by atoms with Crippen molar-refractivity contribution in [1.29, 1.82) is 0 Å². The number of thiophene rings is 1. The molecule has 11 aromatic rings. The van der Waals surface area contributed by atoms with Crippen molar-refractivity contribution >= 4 is 114 Å².